The number of halogens is 2. The van der Waals surface area contributed by atoms with Crippen LogP contribution in [0.15, 0.2) is 22.7 Å². The second-order valence-electron chi connectivity index (χ2n) is 5.28. The lowest BCUT2D eigenvalue weighted by Crippen LogP contribution is -2.06. The average molecular weight is 295 g/mol. The molecule has 1 heterocycles. The first-order valence-electron chi connectivity index (χ1n) is 7.03. The number of nitrogens with two attached hydrogens (primary N) is 1. The molecular weight excluding hydrogens is 276 g/mol. The van der Waals surface area contributed by atoms with Crippen LogP contribution >= 0.6 is 0 Å². The number of aromatic nitrogens is 2. The number of benzene rings is 1. The molecule has 0 spiro atoms. The van der Waals surface area contributed by atoms with Gasteiger partial charge in [0, 0.05) is 18.9 Å². The van der Waals surface area contributed by atoms with Gasteiger partial charge < -0.3 is 10.3 Å². The fourth-order valence-corrected chi connectivity index (χ4v) is 2.16. The van der Waals surface area contributed by atoms with Crippen molar-refractivity contribution < 1.29 is 13.3 Å². The first-order chi connectivity index (χ1) is 10.1. The summed E-state index contributed by atoms with van der Waals surface area (Å²) in [5.41, 5.74) is 5.98. The summed E-state index contributed by atoms with van der Waals surface area (Å²) in [5, 5.41) is 3.84. The van der Waals surface area contributed by atoms with Crippen molar-refractivity contribution in [2.45, 2.75) is 32.6 Å². The molecule has 0 aliphatic rings. The van der Waals surface area contributed by atoms with Crippen molar-refractivity contribution in [3.63, 3.8) is 0 Å². The fourth-order valence-electron chi connectivity index (χ4n) is 2.16. The number of aryl methyl sites for hydroxylation is 1. The predicted octanol–water partition coefficient (Wildman–Crippen LogP) is 2.86. The van der Waals surface area contributed by atoms with Gasteiger partial charge in [-0.25, -0.2) is 8.78 Å². The summed E-state index contributed by atoms with van der Waals surface area (Å²) < 4.78 is 31.4. The van der Waals surface area contributed by atoms with Crippen LogP contribution in [0.5, 0.6) is 0 Å². The van der Waals surface area contributed by atoms with Crippen LogP contribution in [0.3, 0.4) is 0 Å². The van der Waals surface area contributed by atoms with E-state index < -0.39 is 11.6 Å². The zero-order valence-corrected chi connectivity index (χ0v) is 12.0. The molecule has 1 unspecified atom stereocenters. The predicted molar refractivity (Wildman–Crippen MR) is 74.6 cm³/mol. The van der Waals surface area contributed by atoms with E-state index in [4.69, 9.17) is 10.3 Å². The standard InChI is InChI=1S/C15H19F2N3O/c1-10(4-5-18)2-3-15-19-14(20-21-15)8-11-6-12(16)9-13(17)7-11/h6-7,9-10H,2-5,8,18H2,1H3. The Kier molecular flexibility index (Phi) is 5.38. The Morgan fingerprint density at radius 3 is 2.57 bits per heavy atom. The van der Waals surface area contributed by atoms with Crippen LogP contribution in [0, 0.1) is 17.6 Å². The quantitative estimate of drug-likeness (QED) is 0.853. The largest absolute Gasteiger partial charge is 0.339 e. The lowest BCUT2D eigenvalue weighted by Gasteiger charge is -2.06. The molecule has 6 heteroatoms. The molecule has 114 valence electrons. The van der Waals surface area contributed by atoms with Crippen LogP contribution in [0.1, 0.15) is 37.0 Å². The molecule has 0 aliphatic carbocycles. The zero-order valence-electron chi connectivity index (χ0n) is 12.0. The third kappa shape index (κ3) is 4.90. The van der Waals surface area contributed by atoms with Gasteiger partial charge in [0.25, 0.3) is 0 Å². The molecule has 1 atom stereocenters. The molecule has 2 N–H and O–H groups in total. The highest BCUT2D eigenvalue weighted by molar-refractivity contribution is 5.21. The first-order valence-corrected chi connectivity index (χ1v) is 7.03. The topological polar surface area (TPSA) is 64.9 Å². The van der Waals surface area contributed by atoms with Crippen LogP contribution in [0.4, 0.5) is 8.78 Å². The molecule has 0 radical (unpaired) electrons. The van der Waals surface area contributed by atoms with E-state index in [2.05, 4.69) is 17.1 Å². The number of hydrogen-bond donors (Lipinski definition) is 1. The van der Waals surface area contributed by atoms with Crippen LogP contribution in [-0.4, -0.2) is 16.7 Å². The Bertz CT molecular complexity index is 566. The van der Waals surface area contributed by atoms with E-state index in [-0.39, 0.29) is 6.42 Å². The summed E-state index contributed by atoms with van der Waals surface area (Å²) in [6.45, 7) is 2.79. The van der Waals surface area contributed by atoms with Gasteiger partial charge in [-0.1, -0.05) is 12.1 Å². The monoisotopic (exact) mass is 295 g/mol. The summed E-state index contributed by atoms with van der Waals surface area (Å²) in [6, 6.07) is 3.37. The molecular formula is C15H19F2N3O. The zero-order chi connectivity index (χ0) is 15.2. The Morgan fingerprint density at radius 2 is 1.90 bits per heavy atom. The second kappa shape index (κ2) is 7.26. The van der Waals surface area contributed by atoms with Crippen LogP contribution < -0.4 is 5.73 Å². The molecule has 21 heavy (non-hydrogen) atoms. The van der Waals surface area contributed by atoms with Crippen LogP contribution in [0.2, 0.25) is 0 Å². The summed E-state index contributed by atoms with van der Waals surface area (Å²) in [6.07, 6.45) is 2.82. The Balaban J connectivity index is 1.93. The third-order valence-electron chi connectivity index (χ3n) is 3.31. The SMILES string of the molecule is CC(CCN)CCc1nc(Cc2cc(F)cc(F)c2)no1. The third-order valence-corrected chi connectivity index (χ3v) is 3.31. The van der Waals surface area contributed by atoms with E-state index in [0.29, 0.717) is 36.2 Å². The fraction of sp³-hybridized carbons (Fsp3) is 0.467. The van der Waals surface area contributed by atoms with Crippen molar-refractivity contribution in [2.24, 2.45) is 11.7 Å². The van der Waals surface area contributed by atoms with E-state index in [1.807, 2.05) is 0 Å². The van der Waals surface area contributed by atoms with Crippen molar-refractivity contribution in [1.29, 1.82) is 0 Å². The van der Waals surface area contributed by atoms with E-state index in [1.165, 1.54) is 12.1 Å². The van der Waals surface area contributed by atoms with Crippen molar-refractivity contribution in [1.82, 2.24) is 10.1 Å². The van der Waals surface area contributed by atoms with Crippen molar-refractivity contribution >= 4 is 0 Å². The van der Waals surface area contributed by atoms with Gasteiger partial charge in [-0.05, 0) is 43.0 Å². The Morgan fingerprint density at radius 1 is 1.19 bits per heavy atom. The van der Waals surface area contributed by atoms with E-state index >= 15 is 0 Å². The van der Waals surface area contributed by atoms with Gasteiger partial charge >= 0.3 is 0 Å². The molecule has 0 fully saturated rings. The molecule has 0 saturated carbocycles. The average Bonchev–Trinajstić information content (AvgIpc) is 2.83. The van der Waals surface area contributed by atoms with Crippen molar-refractivity contribution in [3.8, 4) is 0 Å². The van der Waals surface area contributed by atoms with Crippen molar-refractivity contribution in [3.05, 3.63) is 47.1 Å². The van der Waals surface area contributed by atoms with Gasteiger partial charge in [0.1, 0.15) is 11.6 Å². The molecule has 0 saturated heterocycles. The normalized spacial score (nSPS) is 12.6. The molecule has 1 aromatic heterocycles. The summed E-state index contributed by atoms with van der Waals surface area (Å²) in [4.78, 5) is 4.24. The van der Waals surface area contributed by atoms with Crippen molar-refractivity contribution in [2.75, 3.05) is 6.54 Å². The minimum absolute atomic E-state index is 0.247. The van der Waals surface area contributed by atoms with E-state index in [9.17, 15) is 8.78 Å². The van der Waals surface area contributed by atoms with Gasteiger partial charge in [-0.15, -0.1) is 0 Å². The minimum atomic E-state index is -0.607. The number of rotatable bonds is 7. The van der Waals surface area contributed by atoms with Gasteiger partial charge in [0.2, 0.25) is 5.89 Å². The molecule has 2 aromatic rings. The summed E-state index contributed by atoms with van der Waals surface area (Å²) >= 11 is 0. The smallest absolute Gasteiger partial charge is 0.226 e. The van der Waals surface area contributed by atoms with Gasteiger partial charge in [-0.3, -0.25) is 0 Å². The highest BCUT2D eigenvalue weighted by Crippen LogP contribution is 2.14. The summed E-state index contributed by atoms with van der Waals surface area (Å²) in [7, 11) is 0. The van der Waals surface area contributed by atoms with Crippen LogP contribution in [-0.2, 0) is 12.8 Å². The van der Waals surface area contributed by atoms with E-state index in [0.717, 1.165) is 18.9 Å². The molecule has 2 rings (SSSR count). The Hall–Kier alpha value is -1.82. The number of hydrogen-bond acceptors (Lipinski definition) is 4. The first kappa shape index (κ1) is 15.6. The lowest BCUT2D eigenvalue weighted by molar-refractivity contribution is 0.358. The maximum Gasteiger partial charge on any atom is 0.226 e. The minimum Gasteiger partial charge on any atom is -0.339 e. The molecule has 0 bridgehead atoms. The molecule has 0 aliphatic heterocycles. The number of nitrogens with zero attached hydrogens (tertiary/aromatic N) is 2. The molecule has 1 aromatic carbocycles. The van der Waals surface area contributed by atoms with Gasteiger partial charge in [-0.2, -0.15) is 4.98 Å². The highest BCUT2D eigenvalue weighted by Gasteiger charge is 2.10. The van der Waals surface area contributed by atoms with Gasteiger partial charge in [0.05, 0.1) is 0 Å². The van der Waals surface area contributed by atoms with Gasteiger partial charge in [0.15, 0.2) is 5.82 Å². The van der Waals surface area contributed by atoms with E-state index in [1.54, 1.807) is 0 Å². The second-order valence-corrected chi connectivity index (χ2v) is 5.28. The van der Waals surface area contributed by atoms with Crippen LogP contribution in [0.25, 0.3) is 0 Å². The Labute approximate surface area is 122 Å². The summed E-state index contributed by atoms with van der Waals surface area (Å²) in [5.74, 6) is 0.267. The maximum absolute atomic E-state index is 13.1. The lowest BCUT2D eigenvalue weighted by atomic mass is 10.0. The maximum atomic E-state index is 13.1. The molecule has 0 amide bonds. The highest BCUT2D eigenvalue weighted by atomic mass is 19.1. The molecule has 4 nitrogen and oxygen atoms in total.